The van der Waals surface area contributed by atoms with Gasteiger partial charge in [-0.15, -0.1) is 11.8 Å². The lowest BCUT2D eigenvalue weighted by atomic mass is 10.1. The second-order valence-electron chi connectivity index (χ2n) is 6.51. The number of anilines is 2. The second kappa shape index (κ2) is 7.35. The predicted molar refractivity (Wildman–Crippen MR) is 100 cm³/mol. The van der Waals surface area contributed by atoms with Crippen LogP contribution in [0.5, 0.6) is 0 Å². The van der Waals surface area contributed by atoms with E-state index in [-0.39, 0.29) is 11.7 Å². The van der Waals surface area contributed by atoms with Crippen LogP contribution in [0, 0.1) is 6.92 Å². The molecule has 0 radical (unpaired) electrons. The van der Waals surface area contributed by atoms with E-state index in [1.165, 1.54) is 30.0 Å². The molecule has 0 unspecified atom stereocenters. The standard InChI is InChI=1S/C17H24N2O3S2/c1-13-7-8-14(19-9-4-10-24(19,21)22)11-16(13)18-17(20)12-23-15-5-2-3-6-15/h7-8,11,15H,2-6,9-10,12H2,1H3,(H,18,20). The molecule has 1 heterocycles. The van der Waals surface area contributed by atoms with Gasteiger partial charge in [0.25, 0.3) is 0 Å². The molecule has 1 N–H and O–H groups in total. The first kappa shape index (κ1) is 17.6. The average Bonchev–Trinajstić information content (AvgIpc) is 3.16. The summed E-state index contributed by atoms with van der Waals surface area (Å²) < 4.78 is 25.6. The Bertz CT molecular complexity index is 713. The zero-order chi connectivity index (χ0) is 17.2. The summed E-state index contributed by atoms with van der Waals surface area (Å²) in [4.78, 5) is 12.2. The molecule has 3 rings (SSSR count). The molecular weight excluding hydrogens is 344 g/mol. The zero-order valence-corrected chi connectivity index (χ0v) is 15.6. The fourth-order valence-electron chi connectivity index (χ4n) is 3.26. The summed E-state index contributed by atoms with van der Waals surface area (Å²) in [6.45, 7) is 2.43. The number of carbonyl (C=O) groups excluding carboxylic acids is 1. The number of nitrogens with one attached hydrogen (secondary N) is 1. The topological polar surface area (TPSA) is 66.5 Å². The van der Waals surface area contributed by atoms with Crippen molar-refractivity contribution in [2.45, 2.75) is 44.3 Å². The zero-order valence-electron chi connectivity index (χ0n) is 14.0. The van der Waals surface area contributed by atoms with Crippen molar-refractivity contribution in [1.29, 1.82) is 0 Å². The minimum absolute atomic E-state index is 0.0172. The third-order valence-corrected chi connectivity index (χ3v) is 7.88. The highest BCUT2D eigenvalue weighted by Gasteiger charge is 2.28. The van der Waals surface area contributed by atoms with Crippen LogP contribution in [0.4, 0.5) is 11.4 Å². The molecule has 5 nitrogen and oxygen atoms in total. The lowest BCUT2D eigenvalue weighted by Crippen LogP contribution is -2.25. The number of sulfonamides is 1. The molecule has 1 saturated heterocycles. The fourth-order valence-corrected chi connectivity index (χ4v) is 5.95. The van der Waals surface area contributed by atoms with Gasteiger partial charge in [-0.3, -0.25) is 9.10 Å². The molecule has 1 aliphatic heterocycles. The van der Waals surface area contributed by atoms with Gasteiger partial charge in [0.15, 0.2) is 0 Å². The van der Waals surface area contributed by atoms with Gasteiger partial charge >= 0.3 is 0 Å². The van der Waals surface area contributed by atoms with Crippen molar-refractivity contribution in [2.24, 2.45) is 0 Å². The van der Waals surface area contributed by atoms with Crippen molar-refractivity contribution in [2.75, 3.05) is 27.7 Å². The number of rotatable bonds is 5. The molecule has 1 aromatic carbocycles. The molecule has 0 spiro atoms. The number of benzene rings is 1. The summed E-state index contributed by atoms with van der Waals surface area (Å²) in [6, 6.07) is 5.44. The van der Waals surface area contributed by atoms with E-state index in [9.17, 15) is 13.2 Å². The minimum atomic E-state index is -3.20. The van der Waals surface area contributed by atoms with Gasteiger partial charge < -0.3 is 5.32 Å². The summed E-state index contributed by atoms with van der Waals surface area (Å²) in [5, 5.41) is 3.55. The number of amides is 1. The molecule has 1 saturated carbocycles. The van der Waals surface area contributed by atoms with Gasteiger partial charge in [0.2, 0.25) is 15.9 Å². The Morgan fingerprint density at radius 3 is 2.71 bits per heavy atom. The SMILES string of the molecule is Cc1ccc(N2CCCS2(=O)=O)cc1NC(=O)CSC1CCCC1. The van der Waals surface area contributed by atoms with Gasteiger partial charge in [0.05, 0.1) is 17.2 Å². The molecule has 132 valence electrons. The van der Waals surface area contributed by atoms with Crippen LogP contribution in [0.3, 0.4) is 0 Å². The van der Waals surface area contributed by atoms with Crippen molar-refractivity contribution >= 4 is 39.1 Å². The Balaban J connectivity index is 1.66. The molecule has 7 heteroatoms. The van der Waals surface area contributed by atoms with Crippen molar-refractivity contribution < 1.29 is 13.2 Å². The highest BCUT2D eigenvalue weighted by Crippen LogP contribution is 2.30. The Morgan fingerprint density at radius 2 is 2.04 bits per heavy atom. The van der Waals surface area contributed by atoms with Crippen molar-refractivity contribution in [1.82, 2.24) is 0 Å². The van der Waals surface area contributed by atoms with Gasteiger partial charge in [-0.05, 0) is 43.9 Å². The Hall–Kier alpha value is -1.21. The normalized spacial score (nSPS) is 20.5. The maximum absolute atomic E-state index is 12.2. The lowest BCUT2D eigenvalue weighted by Gasteiger charge is -2.19. The molecule has 1 amide bonds. The first-order chi connectivity index (χ1) is 11.5. The maximum Gasteiger partial charge on any atom is 0.235 e. The molecule has 1 aromatic rings. The van der Waals surface area contributed by atoms with Crippen LogP contribution in [-0.2, 0) is 14.8 Å². The third kappa shape index (κ3) is 4.06. The largest absolute Gasteiger partial charge is 0.325 e. The van der Waals surface area contributed by atoms with E-state index >= 15 is 0 Å². The average molecular weight is 369 g/mol. The lowest BCUT2D eigenvalue weighted by molar-refractivity contribution is -0.113. The molecule has 0 bridgehead atoms. The van der Waals surface area contributed by atoms with E-state index in [4.69, 9.17) is 0 Å². The highest BCUT2D eigenvalue weighted by atomic mass is 32.2. The summed E-state index contributed by atoms with van der Waals surface area (Å²) in [7, 11) is -3.20. The number of hydrogen-bond acceptors (Lipinski definition) is 4. The fraction of sp³-hybridized carbons (Fsp3) is 0.588. The number of carbonyl (C=O) groups is 1. The van der Waals surface area contributed by atoms with Gasteiger partial charge in [0, 0.05) is 17.5 Å². The molecule has 2 fully saturated rings. The number of hydrogen-bond donors (Lipinski definition) is 1. The minimum Gasteiger partial charge on any atom is -0.325 e. The van der Waals surface area contributed by atoms with E-state index in [0.29, 0.717) is 35.3 Å². The first-order valence-corrected chi connectivity index (χ1v) is 11.1. The maximum atomic E-state index is 12.2. The Kier molecular flexibility index (Phi) is 5.39. The Morgan fingerprint density at radius 1 is 1.29 bits per heavy atom. The Labute approximate surface area is 148 Å². The van der Waals surface area contributed by atoms with E-state index < -0.39 is 10.0 Å². The number of nitrogens with zero attached hydrogens (tertiary/aromatic N) is 1. The van der Waals surface area contributed by atoms with E-state index in [0.717, 1.165) is 5.56 Å². The first-order valence-electron chi connectivity index (χ1n) is 8.48. The summed E-state index contributed by atoms with van der Waals surface area (Å²) in [5.41, 5.74) is 2.28. The van der Waals surface area contributed by atoms with E-state index in [2.05, 4.69) is 5.32 Å². The molecule has 0 atom stereocenters. The number of thioether (sulfide) groups is 1. The van der Waals surface area contributed by atoms with Crippen LogP contribution in [0.2, 0.25) is 0 Å². The van der Waals surface area contributed by atoms with Crippen molar-refractivity contribution in [3.05, 3.63) is 23.8 Å². The van der Waals surface area contributed by atoms with E-state index in [1.807, 2.05) is 13.0 Å². The molecule has 0 aromatic heterocycles. The van der Waals surface area contributed by atoms with Crippen molar-refractivity contribution in [3.8, 4) is 0 Å². The molecule has 2 aliphatic rings. The van der Waals surface area contributed by atoms with Crippen LogP contribution in [0.15, 0.2) is 18.2 Å². The van der Waals surface area contributed by atoms with Crippen LogP contribution in [0.1, 0.15) is 37.7 Å². The predicted octanol–water partition coefficient (Wildman–Crippen LogP) is 3.15. The van der Waals surface area contributed by atoms with Crippen LogP contribution in [-0.4, -0.2) is 37.6 Å². The van der Waals surface area contributed by atoms with Gasteiger partial charge in [0.1, 0.15) is 0 Å². The quantitative estimate of drug-likeness (QED) is 0.867. The highest BCUT2D eigenvalue weighted by molar-refractivity contribution is 8.00. The monoisotopic (exact) mass is 368 g/mol. The van der Waals surface area contributed by atoms with Crippen LogP contribution < -0.4 is 9.62 Å². The molecular formula is C17H24N2O3S2. The van der Waals surface area contributed by atoms with Crippen LogP contribution in [0.25, 0.3) is 0 Å². The van der Waals surface area contributed by atoms with Gasteiger partial charge in [-0.2, -0.15) is 0 Å². The molecule has 1 aliphatic carbocycles. The third-order valence-electron chi connectivity index (χ3n) is 4.63. The van der Waals surface area contributed by atoms with Gasteiger partial charge in [-0.25, -0.2) is 8.42 Å². The van der Waals surface area contributed by atoms with Gasteiger partial charge in [-0.1, -0.05) is 18.9 Å². The number of aryl methyl sites for hydroxylation is 1. The summed E-state index contributed by atoms with van der Waals surface area (Å²) in [5.74, 6) is 0.633. The van der Waals surface area contributed by atoms with Crippen molar-refractivity contribution in [3.63, 3.8) is 0 Å². The second-order valence-corrected chi connectivity index (χ2v) is 9.81. The van der Waals surface area contributed by atoms with Crippen LogP contribution >= 0.6 is 11.8 Å². The summed E-state index contributed by atoms with van der Waals surface area (Å²) in [6.07, 6.45) is 5.60. The smallest absolute Gasteiger partial charge is 0.235 e. The van der Waals surface area contributed by atoms with E-state index in [1.54, 1.807) is 23.9 Å². The summed E-state index contributed by atoms with van der Waals surface area (Å²) >= 11 is 1.73. The molecule has 24 heavy (non-hydrogen) atoms.